The van der Waals surface area contributed by atoms with Crippen LogP contribution in [0.15, 0.2) is 47.5 Å². The Morgan fingerprint density at radius 3 is 2.57 bits per heavy atom. The summed E-state index contributed by atoms with van der Waals surface area (Å²) >= 11 is 1.26. The summed E-state index contributed by atoms with van der Waals surface area (Å²) in [5.74, 6) is 1.28. The van der Waals surface area contributed by atoms with Crippen LogP contribution in [0.4, 0.5) is 13.2 Å². The number of benzene rings is 2. The number of carbonyl (C=O) groups excluding carboxylic acids is 1. The summed E-state index contributed by atoms with van der Waals surface area (Å²) in [5.41, 5.74) is 0.610. The van der Waals surface area contributed by atoms with E-state index < -0.39 is 11.7 Å². The van der Waals surface area contributed by atoms with Gasteiger partial charge in [-0.3, -0.25) is 14.7 Å². The van der Waals surface area contributed by atoms with Crippen molar-refractivity contribution in [3.63, 3.8) is 0 Å². The highest BCUT2D eigenvalue weighted by atomic mass is 32.2. The Hall–Kier alpha value is -2.68. The summed E-state index contributed by atoms with van der Waals surface area (Å²) in [4.78, 5) is 18.7. The molecule has 0 saturated heterocycles. The Kier molecular flexibility index (Phi) is 6.91. The molecule has 0 saturated carbocycles. The molecule has 2 aromatic rings. The SMILES string of the molecule is COc1ccc(CC(=O)N2CCN=C2SCc2cccc(C(F)(F)F)c2)cc1OC. The molecule has 0 aromatic heterocycles. The first kappa shape index (κ1) is 22.0. The number of hydrogen-bond acceptors (Lipinski definition) is 5. The van der Waals surface area contributed by atoms with E-state index >= 15 is 0 Å². The molecule has 1 heterocycles. The summed E-state index contributed by atoms with van der Waals surface area (Å²) < 4.78 is 49.1. The average Bonchev–Trinajstić information content (AvgIpc) is 3.20. The quantitative estimate of drug-likeness (QED) is 0.671. The van der Waals surface area contributed by atoms with Gasteiger partial charge in [0, 0.05) is 12.3 Å². The lowest BCUT2D eigenvalue weighted by Gasteiger charge is -2.18. The van der Waals surface area contributed by atoms with Crippen molar-refractivity contribution in [1.82, 2.24) is 4.90 Å². The van der Waals surface area contributed by atoms with Crippen LogP contribution in [-0.2, 0) is 23.1 Å². The van der Waals surface area contributed by atoms with E-state index in [0.29, 0.717) is 41.1 Å². The van der Waals surface area contributed by atoms with Crippen molar-refractivity contribution in [2.45, 2.75) is 18.3 Å². The number of amidine groups is 1. The average molecular weight is 438 g/mol. The Morgan fingerprint density at radius 1 is 1.10 bits per heavy atom. The van der Waals surface area contributed by atoms with Gasteiger partial charge in [0.05, 0.1) is 32.7 Å². The lowest BCUT2D eigenvalue weighted by atomic mass is 10.1. The number of nitrogens with zero attached hydrogens (tertiary/aromatic N) is 2. The van der Waals surface area contributed by atoms with Crippen molar-refractivity contribution in [2.24, 2.45) is 4.99 Å². The molecule has 1 aliphatic heterocycles. The predicted octanol–water partition coefficient (Wildman–Crippen LogP) is 4.40. The number of alkyl halides is 3. The zero-order valence-corrected chi connectivity index (χ0v) is 17.3. The van der Waals surface area contributed by atoms with E-state index in [0.717, 1.165) is 17.7 Å². The Balaban J connectivity index is 1.64. The Labute approximate surface area is 176 Å². The minimum Gasteiger partial charge on any atom is -0.493 e. The molecule has 5 nitrogen and oxygen atoms in total. The molecule has 2 aromatic carbocycles. The number of aliphatic imine (C=N–C) groups is 1. The van der Waals surface area contributed by atoms with Crippen molar-refractivity contribution in [3.05, 3.63) is 59.2 Å². The molecule has 0 spiro atoms. The third-order valence-electron chi connectivity index (χ3n) is 4.53. The van der Waals surface area contributed by atoms with E-state index in [2.05, 4.69) is 4.99 Å². The predicted molar refractivity (Wildman–Crippen MR) is 110 cm³/mol. The van der Waals surface area contributed by atoms with Crippen LogP contribution >= 0.6 is 11.8 Å². The van der Waals surface area contributed by atoms with Gasteiger partial charge in [-0.15, -0.1) is 0 Å². The maximum atomic E-state index is 12.9. The number of amides is 1. The van der Waals surface area contributed by atoms with Gasteiger partial charge in [-0.1, -0.05) is 36.0 Å². The highest BCUT2D eigenvalue weighted by Crippen LogP contribution is 2.31. The maximum absolute atomic E-state index is 12.9. The molecular weight excluding hydrogens is 417 g/mol. The summed E-state index contributed by atoms with van der Waals surface area (Å²) in [5, 5.41) is 0.526. The van der Waals surface area contributed by atoms with Gasteiger partial charge in [0.1, 0.15) is 0 Å². The number of thioether (sulfide) groups is 1. The van der Waals surface area contributed by atoms with E-state index in [1.165, 1.54) is 32.0 Å². The van der Waals surface area contributed by atoms with E-state index in [9.17, 15) is 18.0 Å². The number of methoxy groups -OCH3 is 2. The fourth-order valence-electron chi connectivity index (χ4n) is 3.03. The minimum atomic E-state index is -4.38. The monoisotopic (exact) mass is 438 g/mol. The van der Waals surface area contributed by atoms with Crippen LogP contribution in [0.2, 0.25) is 0 Å². The number of halogens is 3. The molecule has 1 aliphatic rings. The van der Waals surface area contributed by atoms with Gasteiger partial charge in [0.2, 0.25) is 5.91 Å². The zero-order valence-electron chi connectivity index (χ0n) is 16.5. The summed E-state index contributed by atoms with van der Waals surface area (Å²) in [6.45, 7) is 0.930. The number of carbonyl (C=O) groups is 1. The smallest absolute Gasteiger partial charge is 0.416 e. The second-order valence-corrected chi connectivity index (χ2v) is 7.51. The first-order valence-corrected chi connectivity index (χ1v) is 10.1. The molecule has 0 bridgehead atoms. The molecule has 0 radical (unpaired) electrons. The van der Waals surface area contributed by atoms with E-state index in [1.807, 2.05) is 0 Å². The minimum absolute atomic E-state index is 0.130. The normalized spacial score (nSPS) is 13.9. The fourth-order valence-corrected chi connectivity index (χ4v) is 4.03. The number of hydrogen-bond donors (Lipinski definition) is 0. The molecule has 1 amide bonds. The van der Waals surface area contributed by atoms with Crippen molar-refractivity contribution in [2.75, 3.05) is 27.3 Å². The van der Waals surface area contributed by atoms with Crippen LogP contribution in [-0.4, -0.2) is 43.3 Å². The molecule has 0 aliphatic carbocycles. The van der Waals surface area contributed by atoms with Crippen LogP contribution in [0.25, 0.3) is 0 Å². The van der Waals surface area contributed by atoms with Gasteiger partial charge in [-0.05, 0) is 29.3 Å². The largest absolute Gasteiger partial charge is 0.493 e. The molecule has 0 unspecified atom stereocenters. The second kappa shape index (κ2) is 9.42. The van der Waals surface area contributed by atoms with Crippen molar-refractivity contribution in [3.8, 4) is 11.5 Å². The molecule has 160 valence electrons. The Morgan fingerprint density at radius 2 is 1.87 bits per heavy atom. The van der Waals surface area contributed by atoms with Gasteiger partial charge in [-0.2, -0.15) is 13.2 Å². The van der Waals surface area contributed by atoms with Gasteiger partial charge in [0.25, 0.3) is 0 Å². The van der Waals surface area contributed by atoms with E-state index in [1.54, 1.807) is 29.2 Å². The van der Waals surface area contributed by atoms with Crippen molar-refractivity contribution < 1.29 is 27.4 Å². The molecule has 0 atom stereocenters. The summed E-state index contributed by atoms with van der Waals surface area (Å²) in [6, 6.07) is 10.5. The van der Waals surface area contributed by atoms with Gasteiger partial charge in [0.15, 0.2) is 16.7 Å². The van der Waals surface area contributed by atoms with Crippen LogP contribution in [0.5, 0.6) is 11.5 Å². The van der Waals surface area contributed by atoms with Crippen LogP contribution in [0.3, 0.4) is 0 Å². The fraction of sp³-hybridized carbons (Fsp3) is 0.333. The molecule has 0 fully saturated rings. The number of rotatable bonds is 6. The standard InChI is InChI=1S/C21H21F3N2O3S/c1-28-17-7-6-14(11-18(17)29-2)12-19(27)26-9-8-25-20(26)30-13-15-4-3-5-16(10-15)21(22,23)24/h3-7,10-11H,8-9,12-13H2,1-2H3. The summed E-state index contributed by atoms with van der Waals surface area (Å²) in [7, 11) is 3.07. The first-order chi connectivity index (χ1) is 14.3. The second-order valence-electron chi connectivity index (χ2n) is 6.56. The summed E-state index contributed by atoms with van der Waals surface area (Å²) in [6.07, 6.45) is -4.23. The van der Waals surface area contributed by atoms with E-state index in [-0.39, 0.29) is 12.3 Å². The maximum Gasteiger partial charge on any atom is 0.416 e. The highest BCUT2D eigenvalue weighted by molar-refractivity contribution is 8.13. The zero-order chi connectivity index (χ0) is 21.7. The number of ether oxygens (including phenoxy) is 2. The molecular formula is C21H21F3N2O3S. The first-order valence-electron chi connectivity index (χ1n) is 9.16. The van der Waals surface area contributed by atoms with Gasteiger partial charge >= 0.3 is 6.18 Å². The molecule has 30 heavy (non-hydrogen) atoms. The third-order valence-corrected chi connectivity index (χ3v) is 5.61. The van der Waals surface area contributed by atoms with Crippen molar-refractivity contribution in [1.29, 1.82) is 0 Å². The van der Waals surface area contributed by atoms with Crippen molar-refractivity contribution >= 4 is 22.8 Å². The molecule has 0 N–H and O–H groups in total. The van der Waals surface area contributed by atoms with Crippen LogP contribution in [0, 0.1) is 0 Å². The Bertz CT molecular complexity index is 947. The van der Waals surface area contributed by atoms with Crippen LogP contribution < -0.4 is 9.47 Å². The molecule has 9 heteroatoms. The van der Waals surface area contributed by atoms with E-state index in [4.69, 9.17) is 9.47 Å². The highest BCUT2D eigenvalue weighted by Gasteiger charge is 2.30. The van der Waals surface area contributed by atoms with Gasteiger partial charge < -0.3 is 9.47 Å². The lowest BCUT2D eigenvalue weighted by molar-refractivity contribution is -0.137. The molecule has 3 rings (SSSR count). The van der Waals surface area contributed by atoms with Gasteiger partial charge in [-0.25, -0.2) is 0 Å². The third kappa shape index (κ3) is 5.27. The topological polar surface area (TPSA) is 51.1 Å². The lowest BCUT2D eigenvalue weighted by Crippen LogP contribution is -2.34. The van der Waals surface area contributed by atoms with Crippen LogP contribution in [0.1, 0.15) is 16.7 Å².